The molecule has 118 valence electrons. The Kier molecular flexibility index (Phi) is 5.36. The van der Waals surface area contributed by atoms with Crippen molar-refractivity contribution in [3.8, 4) is 11.5 Å². The molecule has 1 aliphatic rings. The minimum atomic E-state index is -2.42. The Morgan fingerprint density at radius 2 is 2.24 bits per heavy atom. The lowest BCUT2D eigenvalue weighted by Gasteiger charge is -2.21. The number of rotatable bonds is 7. The van der Waals surface area contributed by atoms with Crippen LogP contribution in [0.2, 0.25) is 0 Å². The number of hydrogen-bond donors (Lipinski definition) is 2. The van der Waals surface area contributed by atoms with Gasteiger partial charge < -0.3 is 20.5 Å². The summed E-state index contributed by atoms with van der Waals surface area (Å²) in [6.07, 6.45) is -1.47. The van der Waals surface area contributed by atoms with Crippen LogP contribution in [-0.4, -0.2) is 32.2 Å². The van der Waals surface area contributed by atoms with Gasteiger partial charge in [0.25, 0.3) is 6.43 Å². The highest BCUT2D eigenvalue weighted by atomic mass is 19.3. The summed E-state index contributed by atoms with van der Waals surface area (Å²) in [7, 11) is 0. The van der Waals surface area contributed by atoms with Crippen molar-refractivity contribution < 1.29 is 18.3 Å². The standard InChI is InChI=1S/C15H22F2N2O2/c1-3-20-14-5-10-4-9(2)21-13(10)6-11(14)12(7-18)19-8-15(16)17/h5-6,9,12,15,19H,3-4,7-8,18H2,1-2H3. The molecule has 0 spiro atoms. The van der Waals surface area contributed by atoms with E-state index in [0.29, 0.717) is 12.4 Å². The zero-order valence-electron chi connectivity index (χ0n) is 12.4. The van der Waals surface area contributed by atoms with Gasteiger partial charge in [-0.15, -0.1) is 0 Å². The van der Waals surface area contributed by atoms with Gasteiger partial charge in [0, 0.05) is 30.1 Å². The largest absolute Gasteiger partial charge is 0.494 e. The lowest BCUT2D eigenvalue weighted by atomic mass is 10.0. The number of alkyl halides is 2. The SMILES string of the molecule is CCOc1cc2c(cc1C(CN)NCC(F)F)OC(C)C2. The van der Waals surface area contributed by atoms with Crippen LogP contribution in [0.5, 0.6) is 11.5 Å². The predicted molar refractivity (Wildman–Crippen MR) is 77.2 cm³/mol. The fraction of sp³-hybridized carbons (Fsp3) is 0.600. The fourth-order valence-corrected chi connectivity index (χ4v) is 2.56. The van der Waals surface area contributed by atoms with Crippen LogP contribution >= 0.6 is 0 Å². The molecule has 1 aliphatic heterocycles. The van der Waals surface area contributed by atoms with Crippen LogP contribution in [0.3, 0.4) is 0 Å². The minimum Gasteiger partial charge on any atom is -0.494 e. The van der Waals surface area contributed by atoms with Crippen LogP contribution in [0.25, 0.3) is 0 Å². The van der Waals surface area contributed by atoms with Gasteiger partial charge in [-0.3, -0.25) is 0 Å². The van der Waals surface area contributed by atoms with Crippen molar-refractivity contribution in [1.29, 1.82) is 0 Å². The quantitative estimate of drug-likeness (QED) is 0.811. The highest BCUT2D eigenvalue weighted by molar-refractivity contribution is 5.50. The van der Waals surface area contributed by atoms with E-state index < -0.39 is 13.0 Å². The van der Waals surface area contributed by atoms with E-state index in [2.05, 4.69) is 5.32 Å². The van der Waals surface area contributed by atoms with Crippen molar-refractivity contribution in [2.45, 2.75) is 38.8 Å². The number of nitrogens with one attached hydrogen (secondary N) is 1. The zero-order chi connectivity index (χ0) is 15.4. The Morgan fingerprint density at radius 3 is 2.86 bits per heavy atom. The average molecular weight is 300 g/mol. The van der Waals surface area contributed by atoms with E-state index >= 15 is 0 Å². The van der Waals surface area contributed by atoms with Gasteiger partial charge in [-0.25, -0.2) is 8.78 Å². The minimum absolute atomic E-state index is 0.120. The molecule has 4 nitrogen and oxygen atoms in total. The van der Waals surface area contributed by atoms with Crippen molar-refractivity contribution in [3.63, 3.8) is 0 Å². The Bertz CT molecular complexity index is 483. The summed E-state index contributed by atoms with van der Waals surface area (Å²) in [4.78, 5) is 0. The molecule has 0 aliphatic carbocycles. The highest BCUT2D eigenvalue weighted by Gasteiger charge is 2.25. The van der Waals surface area contributed by atoms with Crippen LogP contribution in [0, 0.1) is 0 Å². The smallest absolute Gasteiger partial charge is 0.250 e. The molecule has 0 saturated carbocycles. The zero-order valence-corrected chi connectivity index (χ0v) is 12.4. The van der Waals surface area contributed by atoms with Gasteiger partial charge in [0.15, 0.2) is 0 Å². The van der Waals surface area contributed by atoms with Crippen molar-refractivity contribution >= 4 is 0 Å². The van der Waals surface area contributed by atoms with E-state index in [1.807, 2.05) is 26.0 Å². The van der Waals surface area contributed by atoms with Gasteiger partial charge in [0.2, 0.25) is 0 Å². The molecule has 1 aromatic carbocycles. The van der Waals surface area contributed by atoms with E-state index in [-0.39, 0.29) is 18.7 Å². The molecule has 3 N–H and O–H groups in total. The molecule has 0 bridgehead atoms. The third-order valence-corrected chi connectivity index (χ3v) is 3.46. The first-order chi connectivity index (χ1) is 10.0. The van der Waals surface area contributed by atoms with Gasteiger partial charge in [0.05, 0.1) is 13.2 Å². The molecule has 1 aromatic rings. The van der Waals surface area contributed by atoms with Crippen LogP contribution < -0.4 is 20.5 Å². The summed E-state index contributed by atoms with van der Waals surface area (Å²) in [5.41, 5.74) is 7.58. The third-order valence-electron chi connectivity index (χ3n) is 3.46. The second-order valence-electron chi connectivity index (χ2n) is 5.15. The van der Waals surface area contributed by atoms with Crippen molar-refractivity contribution in [2.24, 2.45) is 5.73 Å². The lowest BCUT2D eigenvalue weighted by Crippen LogP contribution is -2.32. The molecule has 21 heavy (non-hydrogen) atoms. The van der Waals surface area contributed by atoms with Crippen LogP contribution in [0.4, 0.5) is 8.78 Å². The molecule has 2 atom stereocenters. The van der Waals surface area contributed by atoms with Gasteiger partial charge >= 0.3 is 0 Å². The van der Waals surface area contributed by atoms with Crippen LogP contribution in [0.1, 0.15) is 31.0 Å². The number of benzene rings is 1. The Morgan fingerprint density at radius 1 is 1.48 bits per heavy atom. The first kappa shape index (κ1) is 16.0. The molecule has 0 radical (unpaired) electrons. The van der Waals surface area contributed by atoms with Crippen molar-refractivity contribution in [2.75, 3.05) is 19.7 Å². The molecular weight excluding hydrogens is 278 g/mol. The lowest BCUT2D eigenvalue weighted by molar-refractivity contribution is 0.141. The Balaban J connectivity index is 2.29. The number of halogens is 2. The number of hydrogen-bond acceptors (Lipinski definition) is 4. The topological polar surface area (TPSA) is 56.5 Å². The molecule has 0 aromatic heterocycles. The number of ether oxygens (including phenoxy) is 2. The fourth-order valence-electron chi connectivity index (χ4n) is 2.56. The molecule has 0 fully saturated rings. The van der Waals surface area contributed by atoms with E-state index in [9.17, 15) is 8.78 Å². The summed E-state index contributed by atoms with van der Waals surface area (Å²) in [5.74, 6) is 1.48. The summed E-state index contributed by atoms with van der Waals surface area (Å²) >= 11 is 0. The summed E-state index contributed by atoms with van der Waals surface area (Å²) < 4.78 is 36.2. The molecule has 0 amide bonds. The van der Waals surface area contributed by atoms with Crippen molar-refractivity contribution in [1.82, 2.24) is 5.32 Å². The molecule has 2 rings (SSSR count). The van der Waals surface area contributed by atoms with E-state index in [0.717, 1.165) is 23.3 Å². The van der Waals surface area contributed by atoms with Gasteiger partial charge in [-0.1, -0.05) is 0 Å². The maximum absolute atomic E-state index is 12.4. The summed E-state index contributed by atoms with van der Waals surface area (Å²) in [5, 5.41) is 2.78. The van der Waals surface area contributed by atoms with E-state index in [1.165, 1.54) is 0 Å². The number of fused-ring (bicyclic) bond motifs is 1. The summed E-state index contributed by atoms with van der Waals surface area (Å²) in [6.45, 7) is 4.20. The third kappa shape index (κ3) is 3.83. The van der Waals surface area contributed by atoms with Gasteiger partial charge in [-0.05, 0) is 26.0 Å². The highest BCUT2D eigenvalue weighted by Crippen LogP contribution is 2.37. The maximum Gasteiger partial charge on any atom is 0.250 e. The first-order valence-corrected chi connectivity index (χ1v) is 7.23. The van der Waals surface area contributed by atoms with Crippen LogP contribution in [-0.2, 0) is 6.42 Å². The van der Waals surface area contributed by atoms with Gasteiger partial charge in [0.1, 0.15) is 17.6 Å². The van der Waals surface area contributed by atoms with E-state index in [4.69, 9.17) is 15.2 Å². The molecule has 6 heteroatoms. The predicted octanol–water partition coefficient (Wildman–Crippen LogP) is 2.26. The second-order valence-corrected chi connectivity index (χ2v) is 5.15. The molecular formula is C15H22F2N2O2. The Hall–Kier alpha value is -1.40. The molecule has 1 heterocycles. The normalized spacial score (nSPS) is 18.5. The second kappa shape index (κ2) is 7.04. The van der Waals surface area contributed by atoms with E-state index in [1.54, 1.807) is 0 Å². The van der Waals surface area contributed by atoms with Crippen LogP contribution in [0.15, 0.2) is 12.1 Å². The van der Waals surface area contributed by atoms with Gasteiger partial charge in [-0.2, -0.15) is 0 Å². The number of nitrogens with two attached hydrogens (primary N) is 1. The first-order valence-electron chi connectivity index (χ1n) is 7.23. The van der Waals surface area contributed by atoms with Crippen molar-refractivity contribution in [3.05, 3.63) is 23.3 Å². The summed E-state index contributed by atoms with van der Waals surface area (Å²) in [6, 6.07) is 3.41. The maximum atomic E-state index is 12.4. The average Bonchev–Trinajstić information content (AvgIpc) is 2.78. The monoisotopic (exact) mass is 300 g/mol. The molecule has 0 saturated heterocycles. The Labute approximate surface area is 123 Å². The molecule has 2 unspecified atom stereocenters.